The SMILES string of the molecule is Cc1nc(NCc2cnn(Cc3cncc(F)c3)c2)cc2c1NC(=O)[C@H](C)N2C. The number of hydrogen-bond donors (Lipinski definition) is 2. The lowest BCUT2D eigenvalue weighted by Crippen LogP contribution is -2.44. The van der Waals surface area contributed by atoms with E-state index in [4.69, 9.17) is 0 Å². The molecule has 150 valence electrons. The molecule has 0 saturated heterocycles. The molecule has 1 aliphatic heterocycles. The average Bonchev–Trinajstić information content (AvgIpc) is 3.13. The van der Waals surface area contributed by atoms with E-state index in [1.807, 2.05) is 38.1 Å². The van der Waals surface area contributed by atoms with Crippen molar-refractivity contribution < 1.29 is 9.18 Å². The minimum absolute atomic E-state index is 0.0356. The summed E-state index contributed by atoms with van der Waals surface area (Å²) in [6, 6.07) is 3.14. The van der Waals surface area contributed by atoms with Crippen LogP contribution in [0.5, 0.6) is 0 Å². The first-order chi connectivity index (χ1) is 13.9. The van der Waals surface area contributed by atoms with Crippen LogP contribution in [0.3, 0.4) is 0 Å². The van der Waals surface area contributed by atoms with Crippen molar-refractivity contribution in [3.8, 4) is 0 Å². The van der Waals surface area contributed by atoms with Gasteiger partial charge in [0.1, 0.15) is 17.7 Å². The highest BCUT2D eigenvalue weighted by Crippen LogP contribution is 2.34. The minimum atomic E-state index is -0.360. The van der Waals surface area contributed by atoms with Crippen LogP contribution in [0.4, 0.5) is 21.6 Å². The second-order valence-electron chi connectivity index (χ2n) is 7.17. The lowest BCUT2D eigenvalue weighted by Gasteiger charge is -2.34. The summed E-state index contributed by atoms with van der Waals surface area (Å²) in [5, 5.41) is 10.6. The number of carbonyl (C=O) groups is 1. The normalized spacial score (nSPS) is 15.8. The van der Waals surface area contributed by atoms with E-state index < -0.39 is 0 Å². The third-order valence-corrected chi connectivity index (χ3v) is 5.03. The largest absolute Gasteiger partial charge is 0.366 e. The number of pyridine rings is 2. The number of likely N-dealkylation sites (N-methyl/N-ethyl adjacent to an activating group) is 1. The zero-order valence-corrected chi connectivity index (χ0v) is 16.5. The molecule has 3 aromatic heterocycles. The minimum Gasteiger partial charge on any atom is -0.366 e. The highest BCUT2D eigenvalue weighted by Gasteiger charge is 2.28. The Labute approximate surface area is 167 Å². The highest BCUT2D eigenvalue weighted by atomic mass is 19.1. The number of nitrogens with one attached hydrogen (secondary N) is 2. The molecule has 1 atom stereocenters. The van der Waals surface area contributed by atoms with E-state index >= 15 is 0 Å². The number of hydrogen-bond acceptors (Lipinski definition) is 6. The molecular formula is C20H22FN7O. The molecule has 0 bridgehead atoms. The summed E-state index contributed by atoms with van der Waals surface area (Å²) in [6.07, 6.45) is 6.47. The van der Waals surface area contributed by atoms with Crippen molar-refractivity contribution in [1.29, 1.82) is 0 Å². The fraction of sp³-hybridized carbons (Fsp3) is 0.300. The van der Waals surface area contributed by atoms with Crippen LogP contribution in [0.1, 0.15) is 23.7 Å². The number of halogens is 1. The number of aromatic nitrogens is 4. The Balaban J connectivity index is 1.45. The van der Waals surface area contributed by atoms with Crippen molar-refractivity contribution in [1.82, 2.24) is 19.7 Å². The predicted molar refractivity (Wildman–Crippen MR) is 108 cm³/mol. The molecule has 4 heterocycles. The lowest BCUT2D eigenvalue weighted by atomic mass is 10.1. The Morgan fingerprint density at radius 1 is 1.24 bits per heavy atom. The quantitative estimate of drug-likeness (QED) is 0.690. The molecular weight excluding hydrogens is 373 g/mol. The van der Waals surface area contributed by atoms with Gasteiger partial charge in [0.2, 0.25) is 5.91 Å². The van der Waals surface area contributed by atoms with Crippen LogP contribution >= 0.6 is 0 Å². The summed E-state index contributed by atoms with van der Waals surface area (Å²) >= 11 is 0. The van der Waals surface area contributed by atoms with Gasteiger partial charge in [0.25, 0.3) is 0 Å². The Bertz CT molecular complexity index is 1060. The van der Waals surface area contributed by atoms with Gasteiger partial charge < -0.3 is 15.5 Å². The van der Waals surface area contributed by atoms with Crippen LogP contribution < -0.4 is 15.5 Å². The molecule has 29 heavy (non-hydrogen) atoms. The Morgan fingerprint density at radius 3 is 2.86 bits per heavy atom. The van der Waals surface area contributed by atoms with Gasteiger partial charge in [-0.3, -0.25) is 14.5 Å². The first kappa shape index (κ1) is 18.9. The standard InChI is InChI=1S/C20H22FN7O/c1-12-19-17(27(3)13(2)20(29)26-19)5-18(25-12)23-7-15-8-24-28(11-15)10-14-4-16(21)9-22-6-14/h4-6,8-9,11,13H,7,10H2,1-3H3,(H,23,25)(H,26,29)/t13-/m0/s1. The number of rotatable bonds is 5. The van der Waals surface area contributed by atoms with Gasteiger partial charge in [-0.05, 0) is 25.5 Å². The molecule has 4 rings (SSSR count). The maximum atomic E-state index is 13.3. The van der Waals surface area contributed by atoms with Gasteiger partial charge >= 0.3 is 0 Å². The van der Waals surface area contributed by atoms with E-state index in [1.165, 1.54) is 12.3 Å². The van der Waals surface area contributed by atoms with E-state index in [1.54, 1.807) is 17.1 Å². The first-order valence-corrected chi connectivity index (χ1v) is 9.30. The maximum Gasteiger partial charge on any atom is 0.246 e. The van der Waals surface area contributed by atoms with Crippen LogP contribution in [0.15, 0.2) is 36.9 Å². The van der Waals surface area contributed by atoms with Crippen molar-refractivity contribution in [2.75, 3.05) is 22.6 Å². The summed E-state index contributed by atoms with van der Waals surface area (Å²) in [7, 11) is 1.90. The number of aryl methyl sites for hydroxylation is 1. The molecule has 0 fully saturated rings. The van der Waals surface area contributed by atoms with Crippen molar-refractivity contribution in [2.45, 2.75) is 33.0 Å². The number of carbonyl (C=O) groups excluding carboxylic acids is 1. The second kappa shape index (κ2) is 7.50. The second-order valence-corrected chi connectivity index (χ2v) is 7.17. The molecule has 0 saturated carbocycles. The predicted octanol–water partition coefficient (Wildman–Crippen LogP) is 2.56. The van der Waals surface area contributed by atoms with Gasteiger partial charge in [-0.2, -0.15) is 5.10 Å². The molecule has 0 radical (unpaired) electrons. The fourth-order valence-corrected chi connectivity index (χ4v) is 3.30. The maximum absolute atomic E-state index is 13.3. The monoisotopic (exact) mass is 395 g/mol. The van der Waals surface area contributed by atoms with E-state index in [-0.39, 0.29) is 17.8 Å². The van der Waals surface area contributed by atoms with Crippen LogP contribution in [-0.4, -0.2) is 38.7 Å². The van der Waals surface area contributed by atoms with Crippen molar-refractivity contribution in [3.63, 3.8) is 0 Å². The van der Waals surface area contributed by atoms with Crippen LogP contribution in [-0.2, 0) is 17.9 Å². The zero-order valence-electron chi connectivity index (χ0n) is 16.5. The summed E-state index contributed by atoms with van der Waals surface area (Å²) in [4.78, 5) is 22.4. The molecule has 0 aromatic carbocycles. The van der Waals surface area contributed by atoms with Crippen molar-refractivity contribution in [2.24, 2.45) is 0 Å². The fourth-order valence-electron chi connectivity index (χ4n) is 3.30. The van der Waals surface area contributed by atoms with Gasteiger partial charge in [-0.25, -0.2) is 9.37 Å². The number of amides is 1. The molecule has 0 spiro atoms. The van der Waals surface area contributed by atoms with E-state index in [0.717, 1.165) is 34.0 Å². The van der Waals surface area contributed by atoms with Gasteiger partial charge in [0, 0.05) is 37.6 Å². The van der Waals surface area contributed by atoms with E-state index in [2.05, 4.69) is 25.7 Å². The molecule has 3 aromatic rings. The molecule has 8 nitrogen and oxygen atoms in total. The average molecular weight is 395 g/mol. The molecule has 0 unspecified atom stereocenters. The van der Waals surface area contributed by atoms with Gasteiger partial charge in [0.15, 0.2) is 0 Å². The van der Waals surface area contributed by atoms with Crippen molar-refractivity contribution >= 4 is 23.1 Å². The third-order valence-electron chi connectivity index (χ3n) is 5.03. The van der Waals surface area contributed by atoms with E-state index in [0.29, 0.717) is 13.1 Å². The molecule has 0 aliphatic carbocycles. The van der Waals surface area contributed by atoms with Crippen LogP contribution in [0.2, 0.25) is 0 Å². The summed E-state index contributed by atoms with van der Waals surface area (Å²) in [5.74, 6) is 0.325. The Hall–Kier alpha value is -3.49. The molecule has 2 N–H and O–H groups in total. The molecule has 1 amide bonds. The number of anilines is 3. The summed E-state index contributed by atoms with van der Waals surface area (Å²) < 4.78 is 15.0. The first-order valence-electron chi connectivity index (χ1n) is 9.30. The molecule has 1 aliphatic rings. The smallest absolute Gasteiger partial charge is 0.246 e. The topological polar surface area (TPSA) is 88.0 Å². The zero-order chi connectivity index (χ0) is 20.5. The Kier molecular flexibility index (Phi) is 4.87. The molecule has 9 heteroatoms. The van der Waals surface area contributed by atoms with Crippen LogP contribution in [0, 0.1) is 12.7 Å². The Morgan fingerprint density at radius 2 is 2.07 bits per heavy atom. The van der Waals surface area contributed by atoms with E-state index in [9.17, 15) is 9.18 Å². The third kappa shape index (κ3) is 3.89. The van der Waals surface area contributed by atoms with Gasteiger partial charge in [0.05, 0.1) is 36.0 Å². The number of fused-ring (bicyclic) bond motifs is 1. The van der Waals surface area contributed by atoms with Gasteiger partial charge in [-0.15, -0.1) is 0 Å². The van der Waals surface area contributed by atoms with Crippen molar-refractivity contribution in [3.05, 3.63) is 59.6 Å². The highest BCUT2D eigenvalue weighted by molar-refractivity contribution is 6.04. The summed E-state index contributed by atoms with van der Waals surface area (Å²) in [6.45, 7) is 4.73. The van der Waals surface area contributed by atoms with Crippen LogP contribution in [0.25, 0.3) is 0 Å². The van der Waals surface area contributed by atoms with Gasteiger partial charge in [-0.1, -0.05) is 0 Å². The summed E-state index contributed by atoms with van der Waals surface area (Å²) in [5.41, 5.74) is 4.16. The number of nitrogens with zero attached hydrogens (tertiary/aromatic N) is 5. The lowest BCUT2D eigenvalue weighted by molar-refractivity contribution is -0.117.